The van der Waals surface area contributed by atoms with Crippen LogP contribution in [0, 0.1) is 0 Å². The summed E-state index contributed by atoms with van der Waals surface area (Å²) in [7, 11) is 1.53. The van der Waals surface area contributed by atoms with Crippen molar-refractivity contribution in [3.05, 3.63) is 68.7 Å². The molecule has 1 N–H and O–H groups in total. The molecule has 0 aromatic heterocycles. The minimum Gasteiger partial charge on any atom is -0.465 e. The molecule has 2 aromatic rings. The number of hydrogen-bond acceptors (Lipinski definition) is 2. The zero-order chi connectivity index (χ0) is 22.9. The average molecular weight is 520 g/mol. The standard InChI is InChI=1S/C21H19BrClF3N2O3/c1-27(19(29)13-8-14(21(24,25)26)10-15(22)9-13)18-6-7-28(20(30)31)11-17(18)12-2-4-16(23)5-3-12/h2-5,8-10,17-18H,6-7,11H2,1H3,(H,30,31). The summed E-state index contributed by atoms with van der Waals surface area (Å²) >= 11 is 9.00. The van der Waals surface area contributed by atoms with Crippen molar-refractivity contribution in [3.8, 4) is 0 Å². The number of halogens is 5. The summed E-state index contributed by atoms with van der Waals surface area (Å²) in [5.74, 6) is -0.926. The Hall–Kier alpha value is -2.26. The number of piperidine rings is 1. The number of amides is 2. The number of benzene rings is 2. The molecular weight excluding hydrogens is 501 g/mol. The van der Waals surface area contributed by atoms with E-state index in [4.69, 9.17) is 11.6 Å². The smallest absolute Gasteiger partial charge is 0.416 e. The lowest BCUT2D eigenvalue weighted by Gasteiger charge is -2.42. The molecule has 166 valence electrons. The minimum absolute atomic E-state index is 0.0975. The van der Waals surface area contributed by atoms with E-state index in [9.17, 15) is 27.9 Å². The summed E-state index contributed by atoms with van der Waals surface area (Å²) in [6.45, 7) is 0.375. The average Bonchev–Trinajstić information content (AvgIpc) is 2.71. The lowest BCUT2D eigenvalue weighted by molar-refractivity contribution is -0.137. The van der Waals surface area contributed by atoms with Crippen LogP contribution in [-0.2, 0) is 6.18 Å². The topological polar surface area (TPSA) is 60.9 Å². The van der Waals surface area contributed by atoms with Gasteiger partial charge in [-0.15, -0.1) is 0 Å². The fraction of sp³-hybridized carbons (Fsp3) is 0.333. The molecule has 2 aromatic carbocycles. The molecule has 0 aliphatic carbocycles. The first-order valence-corrected chi connectivity index (χ1v) is 10.5. The van der Waals surface area contributed by atoms with Crippen LogP contribution in [0.3, 0.4) is 0 Å². The molecule has 0 bridgehead atoms. The molecule has 0 saturated carbocycles. The first-order valence-electron chi connectivity index (χ1n) is 9.35. The van der Waals surface area contributed by atoms with E-state index < -0.39 is 29.8 Å². The molecule has 1 saturated heterocycles. The van der Waals surface area contributed by atoms with Crippen molar-refractivity contribution in [3.63, 3.8) is 0 Å². The molecule has 3 rings (SSSR count). The normalized spacial score (nSPS) is 19.2. The Morgan fingerprint density at radius 3 is 2.42 bits per heavy atom. The van der Waals surface area contributed by atoms with Crippen LogP contribution in [0.2, 0.25) is 5.02 Å². The van der Waals surface area contributed by atoms with Crippen molar-refractivity contribution in [2.45, 2.75) is 24.6 Å². The van der Waals surface area contributed by atoms with Crippen LogP contribution in [0.15, 0.2) is 46.9 Å². The Morgan fingerprint density at radius 2 is 1.84 bits per heavy atom. The second-order valence-corrected chi connectivity index (χ2v) is 8.74. The van der Waals surface area contributed by atoms with Gasteiger partial charge in [0.05, 0.1) is 5.56 Å². The summed E-state index contributed by atoms with van der Waals surface area (Å²) in [6, 6.07) is 9.58. The van der Waals surface area contributed by atoms with E-state index in [1.807, 2.05) is 0 Å². The summed E-state index contributed by atoms with van der Waals surface area (Å²) in [6.07, 6.45) is -5.30. The molecule has 2 atom stereocenters. The van der Waals surface area contributed by atoms with E-state index in [1.165, 1.54) is 22.9 Å². The molecule has 1 aliphatic rings. The van der Waals surface area contributed by atoms with Gasteiger partial charge in [-0.1, -0.05) is 39.7 Å². The molecule has 2 amide bonds. The highest BCUT2D eigenvalue weighted by Crippen LogP contribution is 2.34. The van der Waals surface area contributed by atoms with Crippen molar-refractivity contribution in [2.75, 3.05) is 20.1 Å². The van der Waals surface area contributed by atoms with Gasteiger partial charge in [0.2, 0.25) is 0 Å². The van der Waals surface area contributed by atoms with Gasteiger partial charge in [0.1, 0.15) is 0 Å². The number of alkyl halides is 3. The zero-order valence-corrected chi connectivity index (χ0v) is 18.7. The predicted molar refractivity (Wildman–Crippen MR) is 113 cm³/mol. The third-order valence-electron chi connectivity index (χ3n) is 5.43. The second-order valence-electron chi connectivity index (χ2n) is 7.39. The van der Waals surface area contributed by atoms with Crippen LogP contribution < -0.4 is 0 Å². The molecule has 1 aliphatic heterocycles. The van der Waals surface area contributed by atoms with Crippen LogP contribution in [0.1, 0.15) is 33.8 Å². The van der Waals surface area contributed by atoms with Crippen LogP contribution in [0.4, 0.5) is 18.0 Å². The molecule has 10 heteroatoms. The lowest BCUT2D eigenvalue weighted by atomic mass is 9.85. The largest absolute Gasteiger partial charge is 0.465 e. The van der Waals surface area contributed by atoms with E-state index in [0.717, 1.165) is 17.7 Å². The van der Waals surface area contributed by atoms with Gasteiger partial charge >= 0.3 is 12.3 Å². The quantitative estimate of drug-likeness (QED) is 0.563. The Bertz CT molecular complexity index is 985. The van der Waals surface area contributed by atoms with E-state index in [0.29, 0.717) is 11.4 Å². The second kappa shape index (κ2) is 9.08. The van der Waals surface area contributed by atoms with Crippen LogP contribution >= 0.6 is 27.5 Å². The number of carboxylic acid groups (broad SMARTS) is 1. The first-order chi connectivity index (χ1) is 14.5. The van der Waals surface area contributed by atoms with E-state index >= 15 is 0 Å². The zero-order valence-electron chi connectivity index (χ0n) is 16.4. The molecule has 31 heavy (non-hydrogen) atoms. The van der Waals surface area contributed by atoms with Crippen molar-refractivity contribution < 1.29 is 27.9 Å². The number of nitrogens with zero attached hydrogens (tertiary/aromatic N) is 2. The van der Waals surface area contributed by atoms with Gasteiger partial charge in [0, 0.05) is 47.2 Å². The summed E-state index contributed by atoms with van der Waals surface area (Å²) < 4.78 is 39.7. The van der Waals surface area contributed by atoms with Gasteiger partial charge < -0.3 is 14.9 Å². The maximum Gasteiger partial charge on any atom is 0.416 e. The fourth-order valence-electron chi connectivity index (χ4n) is 3.85. The Kier molecular flexibility index (Phi) is 6.85. The number of hydrogen-bond donors (Lipinski definition) is 1. The molecule has 0 radical (unpaired) electrons. The SMILES string of the molecule is CN(C(=O)c1cc(Br)cc(C(F)(F)F)c1)C1CCN(C(=O)O)CC1c1ccc(Cl)cc1. The number of likely N-dealkylation sites (tertiary alicyclic amines) is 1. The van der Waals surface area contributed by atoms with Crippen LogP contribution in [0.5, 0.6) is 0 Å². The molecule has 1 heterocycles. The summed E-state index contributed by atoms with van der Waals surface area (Å²) in [4.78, 5) is 27.3. The first kappa shape index (κ1) is 23.4. The monoisotopic (exact) mass is 518 g/mol. The van der Waals surface area contributed by atoms with Crippen LogP contribution in [-0.4, -0.2) is 53.1 Å². The third-order valence-corrected chi connectivity index (χ3v) is 6.14. The van der Waals surface area contributed by atoms with Gasteiger partial charge in [-0.25, -0.2) is 4.79 Å². The summed E-state index contributed by atoms with van der Waals surface area (Å²) in [5.41, 5.74) is -0.224. The van der Waals surface area contributed by atoms with E-state index in [1.54, 1.807) is 24.3 Å². The van der Waals surface area contributed by atoms with Crippen molar-refractivity contribution in [2.24, 2.45) is 0 Å². The maximum atomic E-state index is 13.2. The van der Waals surface area contributed by atoms with E-state index in [-0.39, 0.29) is 29.0 Å². The Labute approximate surface area is 190 Å². The Morgan fingerprint density at radius 1 is 1.19 bits per heavy atom. The lowest BCUT2D eigenvalue weighted by Crippen LogP contribution is -2.51. The molecule has 0 spiro atoms. The molecule has 5 nitrogen and oxygen atoms in total. The van der Waals surface area contributed by atoms with E-state index in [2.05, 4.69) is 15.9 Å². The fourth-order valence-corrected chi connectivity index (χ4v) is 4.46. The van der Waals surface area contributed by atoms with Gasteiger partial charge in [0.15, 0.2) is 0 Å². The predicted octanol–water partition coefficient (Wildman–Crippen LogP) is 5.73. The van der Waals surface area contributed by atoms with Crippen molar-refractivity contribution >= 4 is 39.5 Å². The van der Waals surface area contributed by atoms with Gasteiger partial charge in [-0.3, -0.25) is 4.79 Å². The van der Waals surface area contributed by atoms with Crippen LogP contribution in [0.25, 0.3) is 0 Å². The highest BCUT2D eigenvalue weighted by atomic mass is 79.9. The Balaban J connectivity index is 1.93. The highest BCUT2D eigenvalue weighted by molar-refractivity contribution is 9.10. The third kappa shape index (κ3) is 5.33. The van der Waals surface area contributed by atoms with Crippen molar-refractivity contribution in [1.29, 1.82) is 0 Å². The minimum atomic E-state index is -4.59. The number of carbonyl (C=O) groups excluding carboxylic acids is 1. The number of carbonyl (C=O) groups is 2. The summed E-state index contributed by atoms with van der Waals surface area (Å²) in [5, 5.41) is 9.93. The van der Waals surface area contributed by atoms with Crippen molar-refractivity contribution in [1.82, 2.24) is 9.80 Å². The van der Waals surface area contributed by atoms with Gasteiger partial charge in [-0.2, -0.15) is 13.2 Å². The molecule has 2 unspecified atom stereocenters. The number of likely N-dealkylation sites (N-methyl/N-ethyl adjacent to an activating group) is 1. The molecular formula is C21H19BrClF3N2O3. The highest BCUT2D eigenvalue weighted by Gasteiger charge is 2.37. The van der Waals surface area contributed by atoms with Gasteiger partial charge in [-0.05, 0) is 42.3 Å². The van der Waals surface area contributed by atoms with Gasteiger partial charge in [0.25, 0.3) is 5.91 Å². The maximum absolute atomic E-state index is 13.2. The molecule has 1 fully saturated rings. The number of rotatable bonds is 3.